The van der Waals surface area contributed by atoms with Gasteiger partial charge in [-0.15, -0.1) is 0 Å². The maximum atomic E-state index is 12.2. The van der Waals surface area contributed by atoms with Gasteiger partial charge in [-0.25, -0.2) is 14.8 Å². The fraction of sp³-hybridized carbons (Fsp3) is 0.370. The Morgan fingerprint density at radius 1 is 1.06 bits per heavy atom. The van der Waals surface area contributed by atoms with Crippen LogP contribution < -0.4 is 16.0 Å². The third-order valence-electron chi connectivity index (χ3n) is 5.73. The largest absolute Gasteiger partial charge is 0.465 e. The number of anilines is 2. The van der Waals surface area contributed by atoms with Crippen LogP contribution in [0.2, 0.25) is 0 Å². The zero-order valence-corrected chi connectivity index (χ0v) is 20.1. The second kappa shape index (κ2) is 12.6. The van der Waals surface area contributed by atoms with E-state index in [1.807, 2.05) is 43.3 Å². The Bertz CT molecular complexity index is 1160. The van der Waals surface area contributed by atoms with Crippen molar-refractivity contribution >= 4 is 17.7 Å². The van der Waals surface area contributed by atoms with Crippen LogP contribution >= 0.6 is 0 Å². The minimum Gasteiger partial charge on any atom is -0.465 e. The van der Waals surface area contributed by atoms with Crippen molar-refractivity contribution in [2.45, 2.75) is 39.2 Å². The number of amides is 2. The Labute approximate surface area is 206 Å². The van der Waals surface area contributed by atoms with Crippen molar-refractivity contribution in [3.8, 4) is 11.8 Å². The maximum absolute atomic E-state index is 12.2. The highest BCUT2D eigenvalue weighted by Gasteiger charge is 2.09. The SMILES string of the molecule is Cc1ccc(CNC(=O)Nc2cccc(C#Cc3cnc(NCCCN4CCCCC4)nc3)c2)o1. The Morgan fingerprint density at radius 3 is 2.63 bits per heavy atom. The van der Waals surface area contributed by atoms with Gasteiger partial charge in [-0.1, -0.05) is 24.3 Å². The number of rotatable bonds is 8. The number of hydrogen-bond donors (Lipinski definition) is 3. The first-order chi connectivity index (χ1) is 17.1. The quantitative estimate of drug-likeness (QED) is 0.333. The van der Waals surface area contributed by atoms with E-state index in [1.165, 1.54) is 32.4 Å². The minimum absolute atomic E-state index is 0.309. The summed E-state index contributed by atoms with van der Waals surface area (Å²) < 4.78 is 5.46. The summed E-state index contributed by atoms with van der Waals surface area (Å²) in [6.07, 6.45) is 8.53. The molecule has 3 heterocycles. The summed E-state index contributed by atoms with van der Waals surface area (Å²) in [4.78, 5) is 23.4. The Balaban J connectivity index is 1.22. The summed E-state index contributed by atoms with van der Waals surface area (Å²) in [5.74, 6) is 8.32. The van der Waals surface area contributed by atoms with Gasteiger partial charge in [-0.2, -0.15) is 0 Å². The number of carbonyl (C=O) groups is 1. The Hall–Kier alpha value is -3.83. The number of aryl methyl sites for hydroxylation is 1. The standard InChI is InChI=1S/C27H32N6O2/c1-21-9-12-25(35-21)20-31-27(34)32-24-8-5-7-22(17-24)10-11-23-18-29-26(30-19-23)28-13-6-16-33-14-3-2-4-15-33/h5,7-9,12,17-19H,2-4,6,13-16,20H2,1H3,(H,28,29,30)(H2,31,32,34). The number of urea groups is 1. The number of carbonyl (C=O) groups excluding carboxylic acids is 1. The van der Waals surface area contributed by atoms with Crippen LogP contribution in [-0.2, 0) is 6.54 Å². The predicted octanol–water partition coefficient (Wildman–Crippen LogP) is 4.39. The molecular weight excluding hydrogens is 440 g/mol. The van der Waals surface area contributed by atoms with Crippen LogP contribution in [0.15, 0.2) is 53.2 Å². The zero-order valence-electron chi connectivity index (χ0n) is 20.1. The smallest absolute Gasteiger partial charge is 0.319 e. The second-order valence-corrected chi connectivity index (χ2v) is 8.63. The number of piperidine rings is 1. The molecule has 0 aliphatic carbocycles. The fourth-order valence-electron chi connectivity index (χ4n) is 3.91. The van der Waals surface area contributed by atoms with Crippen molar-refractivity contribution in [2.24, 2.45) is 0 Å². The number of furan rings is 1. The van der Waals surface area contributed by atoms with E-state index in [-0.39, 0.29) is 6.03 Å². The van der Waals surface area contributed by atoms with Gasteiger partial charge in [0.25, 0.3) is 0 Å². The van der Waals surface area contributed by atoms with Crippen molar-refractivity contribution in [3.63, 3.8) is 0 Å². The van der Waals surface area contributed by atoms with Gasteiger partial charge in [0.1, 0.15) is 11.5 Å². The first-order valence-electron chi connectivity index (χ1n) is 12.1. The molecule has 3 aromatic rings. The lowest BCUT2D eigenvalue weighted by atomic mass is 10.1. The topological polar surface area (TPSA) is 95.3 Å². The average Bonchev–Trinajstić information content (AvgIpc) is 3.31. The van der Waals surface area contributed by atoms with Gasteiger partial charge < -0.3 is 25.3 Å². The first kappa shape index (κ1) is 24.3. The van der Waals surface area contributed by atoms with Crippen LogP contribution in [0, 0.1) is 18.8 Å². The van der Waals surface area contributed by atoms with Crippen molar-refractivity contribution in [3.05, 3.63) is 71.4 Å². The van der Waals surface area contributed by atoms with Crippen molar-refractivity contribution < 1.29 is 9.21 Å². The lowest BCUT2D eigenvalue weighted by Crippen LogP contribution is -2.31. The Kier molecular flexibility index (Phi) is 8.74. The first-order valence-corrected chi connectivity index (χ1v) is 12.1. The van der Waals surface area contributed by atoms with Gasteiger partial charge in [-0.05, 0) is 76.2 Å². The van der Waals surface area contributed by atoms with Crippen LogP contribution in [-0.4, -0.2) is 47.1 Å². The summed E-state index contributed by atoms with van der Waals surface area (Å²) in [7, 11) is 0. The third kappa shape index (κ3) is 8.16. The molecule has 0 bridgehead atoms. The molecule has 0 spiro atoms. The minimum atomic E-state index is -0.309. The highest BCUT2D eigenvalue weighted by molar-refractivity contribution is 5.89. The van der Waals surface area contributed by atoms with E-state index < -0.39 is 0 Å². The lowest BCUT2D eigenvalue weighted by Gasteiger charge is -2.26. The lowest BCUT2D eigenvalue weighted by molar-refractivity contribution is 0.228. The van der Waals surface area contributed by atoms with Crippen molar-refractivity contribution in [2.75, 3.05) is 36.8 Å². The summed E-state index contributed by atoms with van der Waals surface area (Å²) in [6, 6.07) is 10.8. The highest BCUT2D eigenvalue weighted by Crippen LogP contribution is 2.11. The zero-order chi connectivity index (χ0) is 24.3. The molecule has 1 aliphatic heterocycles. The molecule has 8 nitrogen and oxygen atoms in total. The van der Waals surface area contributed by atoms with Crippen molar-refractivity contribution in [1.29, 1.82) is 0 Å². The fourth-order valence-corrected chi connectivity index (χ4v) is 3.91. The summed E-state index contributed by atoms with van der Waals surface area (Å²) in [6.45, 7) is 6.61. The number of nitrogens with zero attached hydrogens (tertiary/aromatic N) is 3. The molecule has 3 N–H and O–H groups in total. The number of benzene rings is 1. The van der Waals surface area contributed by atoms with E-state index in [4.69, 9.17) is 4.42 Å². The van der Waals surface area contributed by atoms with Gasteiger partial charge in [0, 0.05) is 30.2 Å². The molecular formula is C27H32N6O2. The summed E-state index contributed by atoms with van der Waals surface area (Å²) >= 11 is 0. The van der Waals surface area contributed by atoms with E-state index in [0.717, 1.165) is 36.4 Å². The molecule has 1 fully saturated rings. The third-order valence-corrected chi connectivity index (χ3v) is 5.73. The van der Waals surface area contributed by atoms with E-state index in [1.54, 1.807) is 12.4 Å². The van der Waals surface area contributed by atoms with Gasteiger partial charge in [0.2, 0.25) is 5.95 Å². The van der Waals surface area contributed by atoms with Crippen LogP contribution in [0.1, 0.15) is 48.3 Å². The molecule has 0 unspecified atom stereocenters. The van der Waals surface area contributed by atoms with Gasteiger partial charge >= 0.3 is 6.03 Å². The van der Waals surface area contributed by atoms with E-state index in [2.05, 4.69) is 42.7 Å². The number of hydrogen-bond acceptors (Lipinski definition) is 6. The number of likely N-dealkylation sites (tertiary alicyclic amines) is 1. The molecule has 0 atom stereocenters. The van der Waals surface area contributed by atoms with Crippen LogP contribution in [0.5, 0.6) is 0 Å². The predicted molar refractivity (Wildman–Crippen MR) is 137 cm³/mol. The monoisotopic (exact) mass is 472 g/mol. The van der Waals surface area contributed by atoms with Gasteiger partial charge in [0.15, 0.2) is 0 Å². The molecule has 1 aliphatic rings. The molecule has 2 amide bonds. The van der Waals surface area contributed by atoms with Crippen LogP contribution in [0.3, 0.4) is 0 Å². The molecule has 182 valence electrons. The van der Waals surface area contributed by atoms with E-state index in [9.17, 15) is 4.79 Å². The molecule has 1 saturated heterocycles. The molecule has 0 radical (unpaired) electrons. The highest BCUT2D eigenvalue weighted by atomic mass is 16.3. The molecule has 35 heavy (non-hydrogen) atoms. The normalized spacial score (nSPS) is 13.5. The van der Waals surface area contributed by atoms with Gasteiger partial charge in [-0.3, -0.25) is 0 Å². The van der Waals surface area contributed by atoms with Crippen LogP contribution in [0.25, 0.3) is 0 Å². The van der Waals surface area contributed by atoms with Crippen LogP contribution in [0.4, 0.5) is 16.4 Å². The number of aromatic nitrogens is 2. The van der Waals surface area contributed by atoms with Gasteiger partial charge in [0.05, 0.1) is 12.1 Å². The second-order valence-electron chi connectivity index (χ2n) is 8.63. The maximum Gasteiger partial charge on any atom is 0.319 e. The number of nitrogens with one attached hydrogen (secondary N) is 3. The summed E-state index contributed by atoms with van der Waals surface area (Å²) in [5.41, 5.74) is 2.17. The average molecular weight is 473 g/mol. The molecule has 8 heteroatoms. The molecule has 2 aromatic heterocycles. The van der Waals surface area contributed by atoms with Crippen molar-refractivity contribution in [1.82, 2.24) is 20.2 Å². The summed E-state index contributed by atoms with van der Waals surface area (Å²) in [5, 5.41) is 8.87. The molecule has 0 saturated carbocycles. The molecule has 1 aromatic carbocycles. The van der Waals surface area contributed by atoms with E-state index >= 15 is 0 Å². The van der Waals surface area contributed by atoms with E-state index in [0.29, 0.717) is 23.9 Å². The Morgan fingerprint density at radius 2 is 1.86 bits per heavy atom. The molecule has 4 rings (SSSR count).